The summed E-state index contributed by atoms with van der Waals surface area (Å²) in [5.74, 6) is 1.22. The van der Waals surface area contributed by atoms with Crippen LogP contribution in [0.3, 0.4) is 0 Å². The predicted molar refractivity (Wildman–Crippen MR) is 72.6 cm³/mol. The Labute approximate surface area is 110 Å². The van der Waals surface area contributed by atoms with Crippen molar-refractivity contribution in [3.63, 3.8) is 0 Å². The normalized spacial score (nSPS) is 10.0. The molecule has 0 bridgehead atoms. The second-order valence-electron chi connectivity index (χ2n) is 3.89. The summed E-state index contributed by atoms with van der Waals surface area (Å²) in [6, 6.07) is 16.5. The van der Waals surface area contributed by atoms with Crippen molar-refractivity contribution in [2.45, 2.75) is 11.5 Å². The van der Waals surface area contributed by atoms with Crippen LogP contribution in [0.5, 0.6) is 0 Å². The van der Waals surface area contributed by atoms with Gasteiger partial charge in [0.1, 0.15) is 5.82 Å². The van der Waals surface area contributed by atoms with Gasteiger partial charge in [0, 0.05) is 11.5 Å². The minimum absolute atomic E-state index is 0.288. The Morgan fingerprint density at radius 2 is 1.83 bits per heavy atom. The van der Waals surface area contributed by atoms with E-state index in [2.05, 4.69) is 18.2 Å². The summed E-state index contributed by atoms with van der Waals surface area (Å²) >= 11 is 1.68. The quantitative estimate of drug-likeness (QED) is 0.822. The maximum atomic E-state index is 13.1. The Balaban J connectivity index is 1.98. The average Bonchev–Trinajstić information content (AvgIpc) is 2.40. The van der Waals surface area contributed by atoms with E-state index in [1.807, 2.05) is 18.2 Å². The molecule has 0 atom stereocenters. The van der Waals surface area contributed by atoms with Crippen molar-refractivity contribution < 1.29 is 4.39 Å². The smallest absolute Gasteiger partial charge is 0.123 e. The topological polar surface area (TPSA) is 23.8 Å². The molecular weight excluding hydrogens is 245 g/mol. The Kier molecular flexibility index (Phi) is 4.38. The van der Waals surface area contributed by atoms with E-state index < -0.39 is 0 Å². The van der Waals surface area contributed by atoms with E-state index in [0.717, 1.165) is 11.3 Å². The fourth-order valence-corrected chi connectivity index (χ4v) is 2.63. The zero-order valence-electron chi connectivity index (χ0n) is 9.77. The predicted octanol–water partition coefficient (Wildman–Crippen LogP) is 4.13. The highest BCUT2D eigenvalue weighted by atomic mass is 32.2. The van der Waals surface area contributed by atoms with Crippen LogP contribution in [-0.4, -0.2) is 0 Å². The number of nitriles is 1. The van der Waals surface area contributed by atoms with Gasteiger partial charge < -0.3 is 0 Å². The maximum Gasteiger partial charge on any atom is 0.123 e. The van der Waals surface area contributed by atoms with Gasteiger partial charge in [-0.25, -0.2) is 4.39 Å². The van der Waals surface area contributed by atoms with E-state index in [1.54, 1.807) is 11.8 Å². The first-order valence-corrected chi connectivity index (χ1v) is 6.75. The molecule has 0 spiro atoms. The number of benzene rings is 2. The van der Waals surface area contributed by atoms with Crippen molar-refractivity contribution in [2.24, 2.45) is 0 Å². The second kappa shape index (κ2) is 6.23. The molecule has 3 heteroatoms. The summed E-state index contributed by atoms with van der Waals surface area (Å²) in [5.41, 5.74) is 2.55. The molecule has 0 saturated heterocycles. The molecule has 0 radical (unpaired) electrons. The van der Waals surface area contributed by atoms with Gasteiger partial charge in [-0.2, -0.15) is 17.0 Å². The lowest BCUT2D eigenvalue weighted by atomic mass is 10.1. The van der Waals surface area contributed by atoms with Gasteiger partial charge in [0.2, 0.25) is 0 Å². The van der Waals surface area contributed by atoms with Gasteiger partial charge in [-0.3, -0.25) is 0 Å². The molecule has 0 aliphatic heterocycles. The Morgan fingerprint density at radius 3 is 2.56 bits per heavy atom. The Hall–Kier alpha value is -1.79. The van der Waals surface area contributed by atoms with Crippen LogP contribution in [0.25, 0.3) is 0 Å². The largest absolute Gasteiger partial charge is 0.207 e. The van der Waals surface area contributed by atoms with Gasteiger partial charge in [-0.15, -0.1) is 0 Å². The molecule has 0 fully saturated rings. The Bertz CT molecular complexity index is 560. The van der Waals surface area contributed by atoms with Crippen molar-refractivity contribution in [2.75, 3.05) is 0 Å². The van der Waals surface area contributed by atoms with Crippen LogP contribution >= 0.6 is 11.8 Å². The molecular formula is C15H12FNS. The highest BCUT2D eigenvalue weighted by Gasteiger charge is 2.04. The van der Waals surface area contributed by atoms with Crippen molar-refractivity contribution in [3.8, 4) is 6.07 Å². The van der Waals surface area contributed by atoms with Crippen LogP contribution < -0.4 is 0 Å². The van der Waals surface area contributed by atoms with Gasteiger partial charge in [-0.1, -0.05) is 30.3 Å². The third-order valence-electron chi connectivity index (χ3n) is 2.56. The molecule has 0 aliphatic carbocycles. The molecule has 90 valence electrons. The first-order valence-electron chi connectivity index (χ1n) is 5.60. The zero-order chi connectivity index (χ0) is 12.8. The van der Waals surface area contributed by atoms with Crippen molar-refractivity contribution >= 4 is 11.8 Å². The van der Waals surface area contributed by atoms with Crippen LogP contribution in [-0.2, 0) is 11.5 Å². The fraction of sp³-hybridized carbons (Fsp3) is 0.133. The van der Waals surface area contributed by atoms with Crippen LogP contribution in [0.15, 0.2) is 48.5 Å². The summed E-state index contributed by atoms with van der Waals surface area (Å²) < 4.78 is 13.1. The summed E-state index contributed by atoms with van der Waals surface area (Å²) in [6.45, 7) is 0. The average molecular weight is 257 g/mol. The molecule has 18 heavy (non-hydrogen) atoms. The van der Waals surface area contributed by atoms with Crippen molar-refractivity contribution in [3.05, 3.63) is 71.0 Å². The van der Waals surface area contributed by atoms with E-state index in [1.165, 1.54) is 23.8 Å². The standard InChI is InChI=1S/C15H12FNS/c16-15-7-6-13(9-17)14(8-15)11-18-10-12-4-2-1-3-5-12/h1-8H,10-11H2. The molecule has 2 aromatic rings. The number of rotatable bonds is 4. The molecule has 0 aromatic heterocycles. The lowest BCUT2D eigenvalue weighted by Crippen LogP contribution is -1.90. The molecule has 0 aliphatic rings. The number of halogens is 1. The first-order chi connectivity index (χ1) is 8.79. The highest BCUT2D eigenvalue weighted by Crippen LogP contribution is 2.20. The number of hydrogen-bond donors (Lipinski definition) is 0. The molecule has 0 amide bonds. The molecule has 0 unspecified atom stereocenters. The summed E-state index contributed by atoms with van der Waals surface area (Å²) in [5, 5.41) is 8.94. The summed E-state index contributed by atoms with van der Waals surface area (Å²) in [7, 11) is 0. The number of nitrogens with zero attached hydrogens (tertiary/aromatic N) is 1. The van der Waals surface area contributed by atoms with Gasteiger partial charge in [0.15, 0.2) is 0 Å². The SMILES string of the molecule is N#Cc1ccc(F)cc1CSCc1ccccc1. The zero-order valence-corrected chi connectivity index (χ0v) is 10.6. The fourth-order valence-electron chi connectivity index (χ4n) is 1.64. The number of thioether (sulfide) groups is 1. The van der Waals surface area contributed by atoms with E-state index in [0.29, 0.717) is 11.3 Å². The maximum absolute atomic E-state index is 13.1. The minimum Gasteiger partial charge on any atom is -0.207 e. The van der Waals surface area contributed by atoms with Crippen LogP contribution in [0.2, 0.25) is 0 Å². The second-order valence-corrected chi connectivity index (χ2v) is 4.88. The van der Waals surface area contributed by atoms with Crippen LogP contribution in [0.1, 0.15) is 16.7 Å². The van der Waals surface area contributed by atoms with E-state index in [9.17, 15) is 4.39 Å². The van der Waals surface area contributed by atoms with Gasteiger partial charge in [0.05, 0.1) is 11.6 Å². The highest BCUT2D eigenvalue weighted by molar-refractivity contribution is 7.97. The van der Waals surface area contributed by atoms with Gasteiger partial charge >= 0.3 is 0 Å². The van der Waals surface area contributed by atoms with E-state index >= 15 is 0 Å². The van der Waals surface area contributed by atoms with Gasteiger partial charge in [0.25, 0.3) is 0 Å². The van der Waals surface area contributed by atoms with Crippen LogP contribution in [0.4, 0.5) is 4.39 Å². The van der Waals surface area contributed by atoms with E-state index in [4.69, 9.17) is 5.26 Å². The minimum atomic E-state index is -0.288. The molecule has 2 aromatic carbocycles. The molecule has 0 N–H and O–H groups in total. The van der Waals surface area contributed by atoms with Crippen LogP contribution in [0, 0.1) is 17.1 Å². The Morgan fingerprint density at radius 1 is 1.06 bits per heavy atom. The summed E-state index contributed by atoms with van der Waals surface area (Å²) in [4.78, 5) is 0. The molecule has 0 heterocycles. The van der Waals surface area contributed by atoms with Crippen molar-refractivity contribution in [1.82, 2.24) is 0 Å². The third-order valence-corrected chi connectivity index (χ3v) is 3.61. The molecule has 1 nitrogen and oxygen atoms in total. The lowest BCUT2D eigenvalue weighted by Gasteiger charge is -2.04. The monoisotopic (exact) mass is 257 g/mol. The third kappa shape index (κ3) is 3.35. The molecule has 0 saturated carbocycles. The summed E-state index contributed by atoms with van der Waals surface area (Å²) in [6.07, 6.45) is 0. The lowest BCUT2D eigenvalue weighted by molar-refractivity contribution is 0.626. The van der Waals surface area contributed by atoms with Gasteiger partial charge in [-0.05, 0) is 29.3 Å². The molecule has 2 rings (SSSR count). The number of hydrogen-bond acceptors (Lipinski definition) is 2. The van der Waals surface area contributed by atoms with Crippen molar-refractivity contribution in [1.29, 1.82) is 5.26 Å². The van der Waals surface area contributed by atoms with E-state index in [-0.39, 0.29) is 5.82 Å². The first kappa shape index (κ1) is 12.7.